The molecule has 4 rings (SSSR count). The number of halogens is 1. The van der Waals surface area contributed by atoms with Crippen LogP contribution in [0.2, 0.25) is 0 Å². The van der Waals surface area contributed by atoms with E-state index in [-0.39, 0.29) is 18.2 Å². The maximum Gasteiger partial charge on any atom is 0.247 e. The predicted molar refractivity (Wildman–Crippen MR) is 102 cm³/mol. The Morgan fingerprint density at radius 2 is 1.86 bits per heavy atom. The highest BCUT2D eigenvalue weighted by atomic mass is 32.2. The maximum absolute atomic E-state index is 13.1. The zero-order chi connectivity index (χ0) is 19.7. The Morgan fingerprint density at radius 3 is 2.54 bits per heavy atom. The van der Waals surface area contributed by atoms with Crippen LogP contribution in [0.4, 0.5) is 10.1 Å². The number of aromatic nitrogens is 3. The van der Waals surface area contributed by atoms with Gasteiger partial charge in [-0.2, -0.15) is 0 Å². The molecule has 0 unspecified atom stereocenters. The van der Waals surface area contributed by atoms with Crippen molar-refractivity contribution in [3.8, 4) is 17.1 Å². The fraction of sp³-hybridized carbons (Fsp3) is 0.158. The van der Waals surface area contributed by atoms with Gasteiger partial charge in [0.1, 0.15) is 16.8 Å². The van der Waals surface area contributed by atoms with E-state index in [1.807, 2.05) is 24.3 Å². The Hall–Kier alpha value is -3.20. The molecule has 2 heterocycles. The second kappa shape index (κ2) is 7.43. The van der Waals surface area contributed by atoms with Crippen molar-refractivity contribution in [2.24, 2.45) is 0 Å². The van der Waals surface area contributed by atoms with Crippen molar-refractivity contribution in [3.05, 3.63) is 54.3 Å². The molecule has 1 aromatic heterocycles. The van der Waals surface area contributed by atoms with Gasteiger partial charge in [0, 0.05) is 12.0 Å². The Kier molecular flexibility index (Phi) is 4.82. The number of imide groups is 1. The van der Waals surface area contributed by atoms with Crippen molar-refractivity contribution in [2.45, 2.75) is 16.8 Å². The molecular weight excluding hydrogens is 383 g/mol. The van der Waals surface area contributed by atoms with Crippen LogP contribution < -0.4 is 9.64 Å². The molecule has 1 saturated heterocycles. The molecular formula is C19H15FN4O3S. The summed E-state index contributed by atoms with van der Waals surface area (Å²) in [6, 6.07) is 12.6. The smallest absolute Gasteiger partial charge is 0.247 e. The minimum Gasteiger partial charge on any atom is -0.497 e. The Balaban J connectivity index is 1.49. The molecule has 1 atom stereocenters. The fourth-order valence-electron chi connectivity index (χ4n) is 2.86. The molecule has 9 heteroatoms. The number of aromatic amines is 1. The molecule has 28 heavy (non-hydrogen) atoms. The van der Waals surface area contributed by atoms with Gasteiger partial charge in [-0.3, -0.25) is 14.7 Å². The fourth-order valence-corrected chi connectivity index (χ4v) is 3.79. The van der Waals surface area contributed by atoms with E-state index in [1.54, 1.807) is 7.11 Å². The summed E-state index contributed by atoms with van der Waals surface area (Å²) >= 11 is 1.12. The molecule has 0 spiro atoms. The van der Waals surface area contributed by atoms with Crippen molar-refractivity contribution in [1.29, 1.82) is 0 Å². The van der Waals surface area contributed by atoms with Crippen LogP contribution in [0.25, 0.3) is 11.4 Å². The van der Waals surface area contributed by atoms with Gasteiger partial charge in [-0.15, -0.1) is 5.10 Å². The molecule has 142 valence electrons. The summed E-state index contributed by atoms with van der Waals surface area (Å²) in [5.74, 6) is 0.157. The van der Waals surface area contributed by atoms with Gasteiger partial charge in [-0.1, -0.05) is 11.8 Å². The lowest BCUT2D eigenvalue weighted by Crippen LogP contribution is -2.31. The molecule has 7 nitrogen and oxygen atoms in total. The summed E-state index contributed by atoms with van der Waals surface area (Å²) in [4.78, 5) is 30.4. The van der Waals surface area contributed by atoms with Crippen molar-refractivity contribution in [1.82, 2.24) is 15.2 Å². The third-order valence-electron chi connectivity index (χ3n) is 4.27. The van der Waals surface area contributed by atoms with Crippen LogP contribution in [0.15, 0.2) is 53.7 Å². The third kappa shape index (κ3) is 3.48. The molecule has 0 aliphatic carbocycles. The minimum absolute atomic E-state index is 0.0350. The van der Waals surface area contributed by atoms with Gasteiger partial charge in [0.25, 0.3) is 0 Å². The third-order valence-corrected chi connectivity index (χ3v) is 5.31. The lowest BCUT2D eigenvalue weighted by Gasteiger charge is -2.14. The van der Waals surface area contributed by atoms with E-state index >= 15 is 0 Å². The number of anilines is 1. The number of methoxy groups -OCH3 is 1. The van der Waals surface area contributed by atoms with Crippen molar-refractivity contribution >= 4 is 29.3 Å². The van der Waals surface area contributed by atoms with Crippen molar-refractivity contribution in [3.63, 3.8) is 0 Å². The number of nitrogens with zero attached hydrogens (tertiary/aromatic N) is 3. The van der Waals surface area contributed by atoms with E-state index in [2.05, 4.69) is 15.2 Å². The lowest BCUT2D eigenvalue weighted by atomic mass is 10.2. The summed E-state index contributed by atoms with van der Waals surface area (Å²) < 4.78 is 18.2. The molecule has 1 fully saturated rings. The van der Waals surface area contributed by atoms with Gasteiger partial charge in [0.2, 0.25) is 17.0 Å². The number of nitrogens with one attached hydrogen (secondary N) is 1. The first-order valence-corrected chi connectivity index (χ1v) is 9.29. The lowest BCUT2D eigenvalue weighted by molar-refractivity contribution is -0.121. The number of amides is 2. The van der Waals surface area contributed by atoms with Gasteiger partial charge >= 0.3 is 0 Å². The maximum atomic E-state index is 13.1. The van der Waals surface area contributed by atoms with E-state index in [4.69, 9.17) is 4.74 Å². The number of thioether (sulfide) groups is 1. The number of benzene rings is 2. The molecule has 0 bridgehead atoms. The number of carbonyl (C=O) groups is 2. The Bertz CT molecular complexity index is 1020. The molecule has 2 amide bonds. The number of hydrogen-bond acceptors (Lipinski definition) is 6. The summed E-state index contributed by atoms with van der Waals surface area (Å²) in [7, 11) is 1.59. The average Bonchev–Trinajstić information content (AvgIpc) is 3.28. The molecule has 3 aromatic rings. The molecule has 1 aliphatic heterocycles. The van der Waals surface area contributed by atoms with Crippen molar-refractivity contribution < 1.29 is 18.7 Å². The quantitative estimate of drug-likeness (QED) is 0.665. The van der Waals surface area contributed by atoms with Crippen LogP contribution in [0.3, 0.4) is 0 Å². The second-order valence-electron chi connectivity index (χ2n) is 6.05. The zero-order valence-corrected chi connectivity index (χ0v) is 15.6. The van der Waals surface area contributed by atoms with Crippen LogP contribution in [0.1, 0.15) is 6.42 Å². The summed E-state index contributed by atoms with van der Waals surface area (Å²) in [5, 5.41) is 6.71. The highest BCUT2D eigenvalue weighted by Gasteiger charge is 2.40. The number of H-pyrrole nitrogens is 1. The summed E-state index contributed by atoms with van der Waals surface area (Å²) in [6.07, 6.45) is 0.0350. The number of carbonyl (C=O) groups excluding carboxylic acids is 2. The van der Waals surface area contributed by atoms with Crippen LogP contribution in [-0.2, 0) is 9.59 Å². The van der Waals surface area contributed by atoms with E-state index in [0.29, 0.717) is 16.7 Å². The number of rotatable bonds is 5. The van der Waals surface area contributed by atoms with E-state index in [0.717, 1.165) is 28.0 Å². The van der Waals surface area contributed by atoms with Crippen LogP contribution in [0.5, 0.6) is 5.75 Å². The Morgan fingerprint density at radius 1 is 1.14 bits per heavy atom. The highest BCUT2D eigenvalue weighted by Crippen LogP contribution is 2.33. The standard InChI is InChI=1S/C19H15FN4O3S/c1-27-14-8-2-11(3-9-14)17-21-19(23-22-17)28-15-10-16(25)24(18(15)26)13-6-4-12(20)5-7-13/h2-9,15H,10H2,1H3,(H,21,22,23)/t15-/m0/s1. The Labute approximate surface area is 163 Å². The highest BCUT2D eigenvalue weighted by molar-refractivity contribution is 8.00. The topological polar surface area (TPSA) is 88.2 Å². The minimum atomic E-state index is -0.628. The first kappa shape index (κ1) is 18.2. The van der Waals surface area contributed by atoms with E-state index in [1.165, 1.54) is 24.3 Å². The first-order valence-electron chi connectivity index (χ1n) is 8.41. The van der Waals surface area contributed by atoms with Gasteiger partial charge < -0.3 is 4.74 Å². The van der Waals surface area contributed by atoms with E-state index < -0.39 is 11.1 Å². The normalized spacial score (nSPS) is 16.6. The van der Waals surface area contributed by atoms with Crippen LogP contribution in [0, 0.1) is 5.82 Å². The second-order valence-corrected chi connectivity index (χ2v) is 7.22. The molecule has 0 saturated carbocycles. The number of hydrogen-bond donors (Lipinski definition) is 1. The summed E-state index contributed by atoms with van der Waals surface area (Å²) in [6.45, 7) is 0. The SMILES string of the molecule is COc1ccc(-c2nc(S[C@H]3CC(=O)N(c4ccc(F)cc4)C3=O)n[nH]2)cc1. The van der Waals surface area contributed by atoms with Gasteiger partial charge in [0.15, 0.2) is 5.82 Å². The number of ether oxygens (including phenoxy) is 1. The van der Waals surface area contributed by atoms with Crippen molar-refractivity contribution in [2.75, 3.05) is 12.0 Å². The molecule has 0 radical (unpaired) electrons. The monoisotopic (exact) mass is 398 g/mol. The first-order chi connectivity index (χ1) is 13.5. The van der Waals surface area contributed by atoms with Crippen LogP contribution >= 0.6 is 11.8 Å². The predicted octanol–water partition coefficient (Wildman–Crippen LogP) is 3.04. The molecule has 1 aliphatic rings. The van der Waals surface area contributed by atoms with Crippen LogP contribution in [-0.4, -0.2) is 39.4 Å². The molecule has 1 N–H and O–H groups in total. The zero-order valence-electron chi connectivity index (χ0n) is 14.8. The average molecular weight is 398 g/mol. The van der Waals surface area contributed by atoms with Gasteiger partial charge in [0.05, 0.1) is 12.8 Å². The largest absolute Gasteiger partial charge is 0.497 e. The molecule has 2 aromatic carbocycles. The summed E-state index contributed by atoms with van der Waals surface area (Å²) in [5.41, 5.74) is 1.18. The van der Waals surface area contributed by atoms with E-state index in [9.17, 15) is 14.0 Å². The van der Waals surface area contributed by atoms with Gasteiger partial charge in [-0.25, -0.2) is 14.3 Å². The van der Waals surface area contributed by atoms with Gasteiger partial charge in [-0.05, 0) is 48.5 Å².